The third-order valence-corrected chi connectivity index (χ3v) is 8.74. The summed E-state index contributed by atoms with van der Waals surface area (Å²) < 4.78 is 6.26. The molecule has 2 aromatic carbocycles. The zero-order valence-corrected chi connectivity index (χ0v) is 21.1. The Hall–Kier alpha value is -3.90. The molecule has 3 N–H and O–H groups in total. The highest BCUT2D eigenvalue weighted by molar-refractivity contribution is 8.00. The number of imide groups is 1. The molecule has 0 bridgehead atoms. The van der Waals surface area contributed by atoms with Crippen LogP contribution in [0.4, 0.5) is 5.69 Å². The van der Waals surface area contributed by atoms with Crippen molar-refractivity contribution in [1.82, 2.24) is 9.88 Å². The van der Waals surface area contributed by atoms with Gasteiger partial charge in [-0.1, -0.05) is 35.2 Å². The molecule has 0 unspecified atom stereocenters. The maximum absolute atomic E-state index is 13.0. The average molecular weight is 540 g/mol. The van der Waals surface area contributed by atoms with E-state index in [1.807, 2.05) is 0 Å². The Morgan fingerprint density at radius 1 is 1.05 bits per heavy atom. The maximum atomic E-state index is 13.0. The average Bonchev–Trinajstić information content (AvgIpc) is 3.33. The molecule has 37 heavy (non-hydrogen) atoms. The van der Waals surface area contributed by atoms with Crippen molar-refractivity contribution in [3.05, 3.63) is 74.2 Å². The minimum absolute atomic E-state index is 0.0513. The number of benzene rings is 2. The van der Waals surface area contributed by atoms with Gasteiger partial charge in [-0.05, 0) is 48.9 Å². The van der Waals surface area contributed by atoms with Crippen molar-refractivity contribution in [3.8, 4) is 5.75 Å². The molecule has 1 aromatic heterocycles. The number of esters is 1. The van der Waals surface area contributed by atoms with Gasteiger partial charge in [-0.25, -0.2) is 4.79 Å². The highest BCUT2D eigenvalue weighted by Gasteiger charge is 2.52. The number of rotatable bonds is 6. The zero-order valence-electron chi connectivity index (χ0n) is 19.4. The molecule has 3 atom stereocenters. The first-order valence-corrected chi connectivity index (χ1v) is 13.1. The first-order chi connectivity index (χ1) is 17.8. The van der Waals surface area contributed by atoms with E-state index in [0.29, 0.717) is 26.7 Å². The molecule has 3 amide bonds. The topological polar surface area (TPSA) is 144 Å². The Bertz CT molecular complexity index is 1460. The van der Waals surface area contributed by atoms with Gasteiger partial charge in [0.15, 0.2) is 0 Å². The summed E-state index contributed by atoms with van der Waals surface area (Å²) in [6.45, 7) is 1.66. The molecule has 12 heteroatoms. The number of carbonyl (C=O) groups excluding carboxylic acids is 4. The van der Waals surface area contributed by atoms with Crippen molar-refractivity contribution in [1.29, 1.82) is 0 Å². The number of aromatic nitrogens is 1. The Balaban J connectivity index is 1.43. The van der Waals surface area contributed by atoms with E-state index >= 15 is 0 Å². The van der Waals surface area contributed by atoms with Gasteiger partial charge in [0.1, 0.15) is 17.5 Å². The number of nitrogens with one attached hydrogen (secondary N) is 2. The normalized spacial score (nSPS) is 20.1. The Labute approximate surface area is 218 Å². The molecule has 0 radical (unpaired) electrons. The van der Waals surface area contributed by atoms with E-state index < -0.39 is 40.8 Å². The number of nitrogens with zero attached hydrogens (tertiary/aromatic N) is 1. The minimum Gasteiger partial charge on any atom is -0.508 e. The number of aromatic hydroxyl groups is 1. The fraction of sp³-hybridized carbons (Fsp3) is 0.240. The van der Waals surface area contributed by atoms with E-state index in [9.17, 15) is 29.1 Å². The Morgan fingerprint density at radius 3 is 2.43 bits per heavy atom. The number of hydrogen-bond acceptors (Lipinski definition) is 9. The van der Waals surface area contributed by atoms with Gasteiger partial charge >= 0.3 is 10.8 Å². The van der Waals surface area contributed by atoms with Crippen LogP contribution >= 0.6 is 23.1 Å². The summed E-state index contributed by atoms with van der Waals surface area (Å²) in [6.07, 6.45) is 0. The lowest BCUT2D eigenvalue weighted by Gasteiger charge is -2.30. The molecule has 0 saturated carbocycles. The molecule has 0 aliphatic carbocycles. The molecule has 1 saturated heterocycles. The van der Waals surface area contributed by atoms with E-state index in [1.54, 1.807) is 31.2 Å². The van der Waals surface area contributed by atoms with Crippen molar-refractivity contribution in [3.63, 3.8) is 0 Å². The van der Waals surface area contributed by atoms with Gasteiger partial charge in [0, 0.05) is 16.5 Å². The summed E-state index contributed by atoms with van der Waals surface area (Å²) in [5.41, 5.74) is 1.46. The third-order valence-electron chi connectivity index (χ3n) is 6.12. The van der Waals surface area contributed by atoms with Crippen LogP contribution in [0, 0.1) is 5.92 Å². The van der Waals surface area contributed by atoms with Crippen LogP contribution in [0.2, 0.25) is 0 Å². The molecule has 2 aliphatic rings. The smallest absolute Gasteiger partial charge is 0.338 e. The van der Waals surface area contributed by atoms with Gasteiger partial charge in [0.25, 0.3) is 0 Å². The molecule has 0 spiro atoms. The predicted octanol–water partition coefficient (Wildman–Crippen LogP) is 2.31. The second kappa shape index (κ2) is 9.87. The second-order valence-corrected chi connectivity index (χ2v) is 10.6. The van der Waals surface area contributed by atoms with Gasteiger partial charge in [-0.3, -0.25) is 29.1 Å². The summed E-state index contributed by atoms with van der Waals surface area (Å²) in [5, 5.41) is 14.5. The highest BCUT2D eigenvalue weighted by Crippen LogP contribution is 2.51. The van der Waals surface area contributed by atoms with Crippen LogP contribution in [-0.4, -0.2) is 45.2 Å². The third kappa shape index (κ3) is 4.65. The number of ether oxygens (including phenoxy) is 1. The summed E-state index contributed by atoms with van der Waals surface area (Å²) >= 11 is 2.04. The fourth-order valence-electron chi connectivity index (χ4n) is 4.46. The number of phenolic OH excluding ortho intramolecular Hbond substituents is 1. The largest absolute Gasteiger partial charge is 0.508 e. The van der Waals surface area contributed by atoms with Gasteiger partial charge in [0.05, 0.1) is 23.1 Å². The SMILES string of the molecule is CCOC(=O)c1ccc(NC(=O)Cn2c3c(sc2=O)[C@@H](c2ccc(O)cc2)[C@H]2C(=O)NC(=O)[C@H]2S3)cc1. The number of phenols is 1. The summed E-state index contributed by atoms with van der Waals surface area (Å²) in [7, 11) is 0. The maximum Gasteiger partial charge on any atom is 0.338 e. The molecule has 10 nitrogen and oxygen atoms in total. The zero-order chi connectivity index (χ0) is 26.3. The van der Waals surface area contributed by atoms with E-state index in [-0.39, 0.29) is 23.8 Å². The van der Waals surface area contributed by atoms with E-state index in [1.165, 1.54) is 28.8 Å². The van der Waals surface area contributed by atoms with Crippen molar-refractivity contribution < 1.29 is 29.0 Å². The number of carbonyl (C=O) groups is 4. The van der Waals surface area contributed by atoms with Crippen LogP contribution in [0.1, 0.15) is 33.6 Å². The summed E-state index contributed by atoms with van der Waals surface area (Å²) in [6, 6.07) is 12.5. The number of anilines is 1. The molecular weight excluding hydrogens is 518 g/mol. The molecular formula is C25H21N3O7S2. The lowest BCUT2D eigenvalue weighted by Crippen LogP contribution is -2.32. The van der Waals surface area contributed by atoms with Crippen LogP contribution in [0.5, 0.6) is 5.75 Å². The monoisotopic (exact) mass is 539 g/mol. The molecule has 2 aliphatic heterocycles. The Morgan fingerprint density at radius 2 is 1.76 bits per heavy atom. The molecule has 3 aromatic rings. The van der Waals surface area contributed by atoms with Crippen molar-refractivity contribution in [2.75, 3.05) is 11.9 Å². The Kier molecular flexibility index (Phi) is 6.61. The first kappa shape index (κ1) is 24.8. The van der Waals surface area contributed by atoms with E-state index in [2.05, 4.69) is 10.6 Å². The standard InChI is InChI=1S/C25H21N3O7S2/c1-2-35-24(33)13-3-7-14(8-4-13)26-16(30)11-28-23-20(37-25(28)34)17(12-5-9-15(29)10-6-12)18-19(36-23)22(32)27-21(18)31/h3-10,17-19,29H,2,11H2,1H3,(H,26,30)(H,27,31,32)/t17-,18+,19-/m0/s1. The van der Waals surface area contributed by atoms with E-state index in [0.717, 1.165) is 23.1 Å². The number of hydrogen-bond donors (Lipinski definition) is 3. The number of thioether (sulfide) groups is 1. The molecule has 1 fully saturated rings. The van der Waals surface area contributed by atoms with Gasteiger partial charge in [-0.15, -0.1) is 0 Å². The highest BCUT2D eigenvalue weighted by atomic mass is 32.2. The molecule has 190 valence electrons. The van der Waals surface area contributed by atoms with Crippen LogP contribution < -0.4 is 15.5 Å². The first-order valence-electron chi connectivity index (χ1n) is 11.4. The number of fused-ring (bicyclic) bond motifs is 2. The minimum atomic E-state index is -0.752. The number of thiazole rings is 1. The number of amides is 3. The quantitative estimate of drug-likeness (QED) is 0.320. The van der Waals surface area contributed by atoms with Gasteiger partial charge in [-0.2, -0.15) is 0 Å². The molecule has 3 heterocycles. The predicted molar refractivity (Wildman–Crippen MR) is 136 cm³/mol. The lowest BCUT2D eigenvalue weighted by atomic mass is 9.83. The lowest BCUT2D eigenvalue weighted by molar-refractivity contribution is -0.126. The second-order valence-electron chi connectivity index (χ2n) is 8.46. The van der Waals surface area contributed by atoms with Crippen LogP contribution in [0.15, 0.2) is 58.4 Å². The van der Waals surface area contributed by atoms with Crippen LogP contribution in [-0.2, 0) is 25.7 Å². The van der Waals surface area contributed by atoms with E-state index in [4.69, 9.17) is 4.74 Å². The van der Waals surface area contributed by atoms with Crippen LogP contribution in [0.3, 0.4) is 0 Å². The summed E-state index contributed by atoms with van der Waals surface area (Å²) in [4.78, 5) is 63.1. The van der Waals surface area contributed by atoms with Crippen molar-refractivity contribution in [2.45, 2.75) is 29.7 Å². The van der Waals surface area contributed by atoms with Crippen molar-refractivity contribution >= 4 is 52.5 Å². The van der Waals surface area contributed by atoms with Gasteiger partial charge < -0.3 is 15.2 Å². The van der Waals surface area contributed by atoms with Gasteiger partial charge in [0.2, 0.25) is 17.7 Å². The van der Waals surface area contributed by atoms with Crippen molar-refractivity contribution in [2.24, 2.45) is 5.92 Å². The molecule has 5 rings (SSSR count). The summed E-state index contributed by atoms with van der Waals surface area (Å²) in [5.74, 6) is -3.03. The fourth-order valence-corrected chi connectivity index (χ4v) is 7.20. The van der Waals surface area contributed by atoms with Crippen LogP contribution in [0.25, 0.3) is 0 Å².